The van der Waals surface area contributed by atoms with Gasteiger partial charge in [-0.25, -0.2) is 4.39 Å². The van der Waals surface area contributed by atoms with Gasteiger partial charge in [0.1, 0.15) is 5.82 Å². The van der Waals surface area contributed by atoms with Gasteiger partial charge in [-0.15, -0.1) is 0 Å². The van der Waals surface area contributed by atoms with Crippen molar-refractivity contribution in [3.05, 3.63) is 30.1 Å². The maximum atomic E-state index is 13.4. The maximum Gasteiger partial charge on any atom is 0.244 e. The van der Waals surface area contributed by atoms with E-state index >= 15 is 0 Å². The normalized spacial score (nSPS) is 10.5. The van der Waals surface area contributed by atoms with E-state index in [4.69, 9.17) is 0 Å². The Balaban J connectivity index is 2.53. The fourth-order valence-electron chi connectivity index (χ4n) is 1.85. The number of nitrogens with zero attached hydrogens (tertiary/aromatic N) is 2. The van der Waals surface area contributed by atoms with E-state index in [1.807, 2.05) is 19.0 Å². The van der Waals surface area contributed by atoms with E-state index in [-0.39, 0.29) is 18.1 Å². The van der Waals surface area contributed by atoms with E-state index in [0.717, 1.165) is 13.0 Å². The molecule has 116 valence electrons. The number of nitrogens with one attached hydrogen (secondary N) is 1. The number of carbonyl (C=O) groups is 2. The van der Waals surface area contributed by atoms with Crippen LogP contribution in [-0.4, -0.2) is 55.3 Å². The highest BCUT2D eigenvalue weighted by atomic mass is 19.1. The zero-order valence-electron chi connectivity index (χ0n) is 12.7. The minimum atomic E-state index is -0.493. The fourth-order valence-corrected chi connectivity index (χ4v) is 1.85. The number of halogens is 1. The second-order valence-electron chi connectivity index (χ2n) is 5.13. The zero-order chi connectivity index (χ0) is 15.8. The van der Waals surface area contributed by atoms with Gasteiger partial charge in [0.15, 0.2) is 0 Å². The van der Waals surface area contributed by atoms with Crippen LogP contribution in [0.1, 0.15) is 13.3 Å². The zero-order valence-corrected chi connectivity index (χ0v) is 12.7. The molecule has 0 aliphatic rings. The predicted octanol–water partition coefficient (Wildman–Crippen LogP) is 1.56. The van der Waals surface area contributed by atoms with Crippen LogP contribution in [0.2, 0.25) is 0 Å². The molecule has 0 bridgehead atoms. The molecule has 0 atom stereocenters. The Morgan fingerprint density at radius 1 is 1.19 bits per heavy atom. The summed E-state index contributed by atoms with van der Waals surface area (Å²) < 4.78 is 13.4. The Morgan fingerprint density at radius 3 is 2.43 bits per heavy atom. The van der Waals surface area contributed by atoms with Crippen LogP contribution < -0.4 is 5.32 Å². The smallest absolute Gasteiger partial charge is 0.244 e. The molecule has 0 fully saturated rings. The summed E-state index contributed by atoms with van der Waals surface area (Å²) in [5.41, 5.74) is 0.124. The van der Waals surface area contributed by atoms with Gasteiger partial charge in [0.2, 0.25) is 11.8 Å². The summed E-state index contributed by atoms with van der Waals surface area (Å²) in [5.74, 6) is -1.06. The first-order valence-corrected chi connectivity index (χ1v) is 6.84. The Bertz CT molecular complexity index is 492. The molecule has 5 nitrogen and oxygen atoms in total. The van der Waals surface area contributed by atoms with Crippen LogP contribution in [0.5, 0.6) is 0 Å². The van der Waals surface area contributed by atoms with Crippen LogP contribution in [0.15, 0.2) is 24.3 Å². The number of hydrogen-bond acceptors (Lipinski definition) is 3. The summed E-state index contributed by atoms with van der Waals surface area (Å²) in [6.45, 7) is 2.68. The highest BCUT2D eigenvalue weighted by Crippen LogP contribution is 2.12. The topological polar surface area (TPSA) is 52.7 Å². The first-order chi connectivity index (χ1) is 9.90. The molecule has 0 saturated carbocycles. The minimum Gasteiger partial charge on any atom is -0.334 e. The number of amides is 2. The third-order valence-electron chi connectivity index (χ3n) is 2.96. The van der Waals surface area contributed by atoms with Gasteiger partial charge in [-0.1, -0.05) is 12.1 Å². The molecule has 1 aromatic carbocycles. The number of carbonyl (C=O) groups excluding carboxylic acids is 2. The van der Waals surface area contributed by atoms with Crippen LogP contribution in [0.25, 0.3) is 0 Å². The highest BCUT2D eigenvalue weighted by molar-refractivity contribution is 5.94. The molecule has 0 heterocycles. The SMILES string of the molecule is CC(=O)N(CCCN(C)C)CC(=O)Nc1ccccc1F. The summed E-state index contributed by atoms with van der Waals surface area (Å²) in [6.07, 6.45) is 0.777. The number of para-hydroxylation sites is 1. The maximum absolute atomic E-state index is 13.4. The van der Waals surface area contributed by atoms with Crippen LogP contribution in [0.3, 0.4) is 0 Å². The van der Waals surface area contributed by atoms with Crippen molar-refractivity contribution in [1.82, 2.24) is 9.80 Å². The van der Waals surface area contributed by atoms with E-state index in [2.05, 4.69) is 5.32 Å². The Morgan fingerprint density at radius 2 is 1.86 bits per heavy atom. The van der Waals surface area contributed by atoms with Crippen LogP contribution in [0.4, 0.5) is 10.1 Å². The van der Waals surface area contributed by atoms with Crippen molar-refractivity contribution < 1.29 is 14.0 Å². The van der Waals surface area contributed by atoms with Crippen LogP contribution in [0, 0.1) is 5.82 Å². The summed E-state index contributed by atoms with van der Waals surface area (Å²) in [7, 11) is 3.89. The lowest BCUT2D eigenvalue weighted by Gasteiger charge is -2.21. The largest absolute Gasteiger partial charge is 0.334 e. The molecular weight excluding hydrogens is 273 g/mol. The van der Waals surface area contributed by atoms with Crippen molar-refractivity contribution in [3.63, 3.8) is 0 Å². The quantitative estimate of drug-likeness (QED) is 0.830. The Hall–Kier alpha value is -1.95. The van der Waals surface area contributed by atoms with Crippen molar-refractivity contribution in [2.24, 2.45) is 0 Å². The minimum absolute atomic E-state index is 0.0723. The van der Waals surface area contributed by atoms with Crippen molar-refractivity contribution >= 4 is 17.5 Å². The van der Waals surface area contributed by atoms with Gasteiger partial charge in [-0.2, -0.15) is 0 Å². The Kier molecular flexibility index (Phi) is 6.81. The predicted molar refractivity (Wildman–Crippen MR) is 80.5 cm³/mol. The molecule has 0 radical (unpaired) electrons. The third-order valence-corrected chi connectivity index (χ3v) is 2.96. The average Bonchev–Trinajstić information content (AvgIpc) is 2.39. The first kappa shape index (κ1) is 17.1. The number of rotatable bonds is 7. The molecule has 21 heavy (non-hydrogen) atoms. The molecule has 1 aromatic rings. The van der Waals surface area contributed by atoms with Gasteiger partial charge in [0.05, 0.1) is 12.2 Å². The van der Waals surface area contributed by atoms with E-state index in [1.165, 1.54) is 24.0 Å². The van der Waals surface area contributed by atoms with E-state index in [1.54, 1.807) is 12.1 Å². The van der Waals surface area contributed by atoms with Crippen LogP contribution in [-0.2, 0) is 9.59 Å². The summed E-state index contributed by atoms with van der Waals surface area (Å²) in [4.78, 5) is 26.9. The number of hydrogen-bond donors (Lipinski definition) is 1. The van der Waals surface area contributed by atoms with Gasteiger partial charge in [0.25, 0.3) is 0 Å². The molecule has 0 saturated heterocycles. The lowest BCUT2D eigenvalue weighted by Crippen LogP contribution is -2.38. The third kappa shape index (κ3) is 6.35. The van der Waals surface area contributed by atoms with Gasteiger partial charge < -0.3 is 15.1 Å². The van der Waals surface area contributed by atoms with Gasteiger partial charge in [-0.3, -0.25) is 9.59 Å². The van der Waals surface area contributed by atoms with Crippen molar-refractivity contribution in [3.8, 4) is 0 Å². The average molecular weight is 295 g/mol. The molecule has 1 rings (SSSR count). The van der Waals surface area contributed by atoms with E-state index in [9.17, 15) is 14.0 Å². The molecule has 0 unspecified atom stereocenters. The molecule has 0 aromatic heterocycles. The van der Waals surface area contributed by atoms with Gasteiger partial charge >= 0.3 is 0 Å². The summed E-state index contributed by atoms with van der Waals surface area (Å²) in [6, 6.07) is 5.94. The van der Waals surface area contributed by atoms with Crippen molar-refractivity contribution in [1.29, 1.82) is 0 Å². The van der Waals surface area contributed by atoms with E-state index < -0.39 is 11.7 Å². The molecular formula is C15H22FN3O2. The molecule has 2 amide bonds. The molecule has 0 aliphatic carbocycles. The number of benzene rings is 1. The second kappa shape index (κ2) is 8.36. The fraction of sp³-hybridized carbons (Fsp3) is 0.467. The lowest BCUT2D eigenvalue weighted by atomic mass is 10.3. The summed E-state index contributed by atoms with van der Waals surface area (Å²) in [5, 5.41) is 2.48. The van der Waals surface area contributed by atoms with Gasteiger partial charge in [0, 0.05) is 13.5 Å². The summed E-state index contributed by atoms with van der Waals surface area (Å²) >= 11 is 0. The molecule has 0 aliphatic heterocycles. The van der Waals surface area contributed by atoms with Crippen molar-refractivity contribution in [2.45, 2.75) is 13.3 Å². The molecule has 0 spiro atoms. The monoisotopic (exact) mass is 295 g/mol. The van der Waals surface area contributed by atoms with E-state index in [0.29, 0.717) is 6.54 Å². The second-order valence-corrected chi connectivity index (χ2v) is 5.13. The lowest BCUT2D eigenvalue weighted by molar-refractivity contribution is -0.132. The van der Waals surface area contributed by atoms with Crippen LogP contribution >= 0.6 is 0 Å². The van der Waals surface area contributed by atoms with Crippen molar-refractivity contribution in [2.75, 3.05) is 39.0 Å². The van der Waals surface area contributed by atoms with Gasteiger partial charge in [-0.05, 0) is 39.2 Å². The molecule has 6 heteroatoms. The standard InChI is InChI=1S/C15H22FN3O2/c1-12(20)19(10-6-9-18(2)3)11-15(21)17-14-8-5-4-7-13(14)16/h4-5,7-8H,6,9-11H2,1-3H3,(H,17,21). The highest BCUT2D eigenvalue weighted by Gasteiger charge is 2.14. The molecule has 1 N–H and O–H groups in total. The first-order valence-electron chi connectivity index (χ1n) is 6.84. The number of anilines is 1. The Labute approximate surface area is 124 Å².